The number of benzene rings is 2. The zero-order chi connectivity index (χ0) is 15.2. The minimum Gasteiger partial charge on any atom is -0.313 e. The topological polar surface area (TPSA) is 12.0 Å². The van der Waals surface area contributed by atoms with Crippen LogP contribution in [0.4, 0.5) is 4.39 Å². The van der Waals surface area contributed by atoms with Crippen molar-refractivity contribution in [1.82, 2.24) is 5.32 Å². The molecule has 0 aliphatic carbocycles. The van der Waals surface area contributed by atoms with Crippen LogP contribution in [0.1, 0.15) is 41.1 Å². The van der Waals surface area contributed by atoms with Gasteiger partial charge < -0.3 is 5.32 Å². The maximum Gasteiger partial charge on any atom is 0.128 e. The van der Waals surface area contributed by atoms with Crippen molar-refractivity contribution in [2.45, 2.75) is 39.2 Å². The summed E-state index contributed by atoms with van der Waals surface area (Å²) in [6, 6.07) is 14.2. The standard InChI is InChI=1S/C19H24FN/c1-14-12-15(2)19(17(20)13-14)18(21-3)11-7-10-16-8-5-4-6-9-16/h4-6,8-9,12-13,18,21H,7,10-11H2,1-3H3. The number of hydrogen-bond donors (Lipinski definition) is 1. The van der Waals surface area contributed by atoms with Crippen LogP contribution in [0.5, 0.6) is 0 Å². The van der Waals surface area contributed by atoms with E-state index in [4.69, 9.17) is 0 Å². The fourth-order valence-corrected chi connectivity index (χ4v) is 2.96. The van der Waals surface area contributed by atoms with E-state index in [1.54, 1.807) is 6.07 Å². The summed E-state index contributed by atoms with van der Waals surface area (Å²) in [4.78, 5) is 0. The molecule has 112 valence electrons. The summed E-state index contributed by atoms with van der Waals surface area (Å²) < 4.78 is 14.3. The van der Waals surface area contributed by atoms with E-state index in [0.29, 0.717) is 0 Å². The third-order valence-electron chi connectivity index (χ3n) is 3.98. The summed E-state index contributed by atoms with van der Waals surface area (Å²) in [5.74, 6) is -0.0911. The van der Waals surface area contributed by atoms with Crippen molar-refractivity contribution in [2.75, 3.05) is 7.05 Å². The maximum atomic E-state index is 14.3. The van der Waals surface area contributed by atoms with Crippen molar-refractivity contribution in [3.05, 3.63) is 70.5 Å². The fraction of sp³-hybridized carbons (Fsp3) is 0.368. The second-order valence-electron chi connectivity index (χ2n) is 5.70. The predicted molar refractivity (Wildman–Crippen MR) is 87.1 cm³/mol. The van der Waals surface area contributed by atoms with Gasteiger partial charge in [0.1, 0.15) is 5.82 Å². The van der Waals surface area contributed by atoms with Crippen LogP contribution >= 0.6 is 0 Å². The molecule has 0 radical (unpaired) electrons. The third kappa shape index (κ3) is 4.15. The highest BCUT2D eigenvalue weighted by Gasteiger charge is 2.16. The van der Waals surface area contributed by atoms with Crippen LogP contribution in [0.15, 0.2) is 42.5 Å². The Morgan fingerprint density at radius 3 is 2.43 bits per heavy atom. The molecule has 0 fully saturated rings. The lowest BCUT2D eigenvalue weighted by molar-refractivity contribution is 0.491. The van der Waals surface area contributed by atoms with Crippen molar-refractivity contribution in [3.8, 4) is 0 Å². The first-order valence-electron chi connectivity index (χ1n) is 7.59. The number of nitrogens with one attached hydrogen (secondary N) is 1. The van der Waals surface area contributed by atoms with Crippen molar-refractivity contribution in [3.63, 3.8) is 0 Å². The lowest BCUT2D eigenvalue weighted by atomic mass is 9.94. The molecule has 0 aromatic heterocycles. The Kier molecular flexibility index (Phi) is 5.51. The van der Waals surface area contributed by atoms with Gasteiger partial charge in [-0.15, -0.1) is 0 Å². The van der Waals surface area contributed by atoms with Gasteiger partial charge >= 0.3 is 0 Å². The average Bonchev–Trinajstić information content (AvgIpc) is 2.45. The van der Waals surface area contributed by atoms with Crippen LogP contribution in [0, 0.1) is 19.7 Å². The summed E-state index contributed by atoms with van der Waals surface area (Å²) in [6.07, 6.45) is 3.01. The van der Waals surface area contributed by atoms with Crippen LogP contribution in [-0.4, -0.2) is 7.05 Å². The quantitative estimate of drug-likeness (QED) is 0.809. The SMILES string of the molecule is CNC(CCCc1ccccc1)c1c(C)cc(C)cc1F. The molecule has 0 saturated carbocycles. The Morgan fingerprint density at radius 2 is 1.81 bits per heavy atom. The van der Waals surface area contributed by atoms with Gasteiger partial charge in [-0.25, -0.2) is 4.39 Å². The van der Waals surface area contributed by atoms with E-state index >= 15 is 0 Å². The normalized spacial score (nSPS) is 12.4. The van der Waals surface area contributed by atoms with E-state index in [0.717, 1.165) is 36.0 Å². The minimum absolute atomic E-state index is 0.0781. The smallest absolute Gasteiger partial charge is 0.128 e. The third-order valence-corrected chi connectivity index (χ3v) is 3.98. The predicted octanol–water partition coefficient (Wildman–Crippen LogP) is 4.73. The number of rotatable bonds is 6. The molecule has 0 aliphatic heterocycles. The van der Waals surface area contributed by atoms with Gasteiger partial charge in [0.15, 0.2) is 0 Å². The van der Waals surface area contributed by atoms with Crippen LogP contribution in [0.2, 0.25) is 0 Å². The molecule has 1 nitrogen and oxygen atoms in total. The Balaban J connectivity index is 2.03. The first kappa shape index (κ1) is 15.7. The highest BCUT2D eigenvalue weighted by Crippen LogP contribution is 2.26. The van der Waals surface area contributed by atoms with Crippen molar-refractivity contribution in [1.29, 1.82) is 0 Å². The molecule has 2 rings (SSSR count). The molecular formula is C19H24FN. The van der Waals surface area contributed by atoms with Gasteiger partial charge in [-0.05, 0) is 62.9 Å². The molecule has 0 spiro atoms. The van der Waals surface area contributed by atoms with Crippen molar-refractivity contribution < 1.29 is 4.39 Å². The lowest BCUT2D eigenvalue weighted by Gasteiger charge is -2.20. The van der Waals surface area contributed by atoms with Gasteiger partial charge in [0, 0.05) is 11.6 Å². The number of aryl methyl sites for hydroxylation is 3. The van der Waals surface area contributed by atoms with E-state index in [-0.39, 0.29) is 11.9 Å². The van der Waals surface area contributed by atoms with Gasteiger partial charge in [0.25, 0.3) is 0 Å². The van der Waals surface area contributed by atoms with E-state index in [2.05, 4.69) is 35.6 Å². The molecule has 2 aromatic carbocycles. The first-order chi connectivity index (χ1) is 10.1. The molecule has 2 aromatic rings. The molecule has 1 N–H and O–H groups in total. The van der Waals surface area contributed by atoms with E-state index in [1.807, 2.05) is 27.0 Å². The molecular weight excluding hydrogens is 261 g/mol. The highest BCUT2D eigenvalue weighted by molar-refractivity contribution is 5.34. The summed E-state index contributed by atoms with van der Waals surface area (Å²) in [7, 11) is 1.91. The Bertz CT molecular complexity index is 554. The summed E-state index contributed by atoms with van der Waals surface area (Å²) in [6.45, 7) is 3.93. The van der Waals surface area contributed by atoms with Crippen molar-refractivity contribution in [2.24, 2.45) is 0 Å². The number of hydrogen-bond acceptors (Lipinski definition) is 1. The van der Waals surface area contributed by atoms with Crippen LogP contribution < -0.4 is 5.32 Å². The molecule has 21 heavy (non-hydrogen) atoms. The van der Waals surface area contributed by atoms with Crippen molar-refractivity contribution >= 4 is 0 Å². The van der Waals surface area contributed by atoms with Crippen LogP contribution in [0.3, 0.4) is 0 Å². The summed E-state index contributed by atoms with van der Waals surface area (Å²) in [5.41, 5.74) is 4.17. The lowest BCUT2D eigenvalue weighted by Crippen LogP contribution is -2.19. The minimum atomic E-state index is -0.0911. The Morgan fingerprint density at radius 1 is 1.10 bits per heavy atom. The van der Waals surface area contributed by atoms with E-state index in [9.17, 15) is 4.39 Å². The Hall–Kier alpha value is -1.67. The first-order valence-corrected chi connectivity index (χ1v) is 7.59. The van der Waals surface area contributed by atoms with Crippen LogP contribution in [0.25, 0.3) is 0 Å². The fourth-order valence-electron chi connectivity index (χ4n) is 2.96. The number of halogens is 1. The molecule has 1 atom stereocenters. The van der Waals surface area contributed by atoms with Gasteiger partial charge in [0.05, 0.1) is 0 Å². The summed E-state index contributed by atoms with van der Waals surface area (Å²) >= 11 is 0. The largest absolute Gasteiger partial charge is 0.313 e. The highest BCUT2D eigenvalue weighted by atomic mass is 19.1. The second kappa shape index (κ2) is 7.37. The monoisotopic (exact) mass is 285 g/mol. The van der Waals surface area contributed by atoms with E-state index < -0.39 is 0 Å². The van der Waals surface area contributed by atoms with Gasteiger partial charge in [-0.3, -0.25) is 0 Å². The van der Waals surface area contributed by atoms with E-state index in [1.165, 1.54) is 5.56 Å². The molecule has 0 heterocycles. The maximum absolute atomic E-state index is 14.3. The zero-order valence-electron chi connectivity index (χ0n) is 13.1. The van der Waals surface area contributed by atoms with Gasteiger partial charge in [0.2, 0.25) is 0 Å². The molecule has 0 amide bonds. The molecule has 0 saturated heterocycles. The molecule has 0 bridgehead atoms. The zero-order valence-corrected chi connectivity index (χ0v) is 13.1. The Labute approximate surface area is 127 Å². The van der Waals surface area contributed by atoms with Gasteiger partial charge in [-0.2, -0.15) is 0 Å². The summed E-state index contributed by atoms with van der Waals surface area (Å²) in [5, 5.41) is 3.27. The molecule has 1 unspecified atom stereocenters. The molecule has 0 aliphatic rings. The average molecular weight is 285 g/mol. The van der Waals surface area contributed by atoms with Crippen LogP contribution in [-0.2, 0) is 6.42 Å². The van der Waals surface area contributed by atoms with Gasteiger partial charge in [-0.1, -0.05) is 36.4 Å². The molecule has 2 heteroatoms. The second-order valence-corrected chi connectivity index (χ2v) is 5.70.